The molecule has 7 nitrogen and oxygen atoms in total. The Morgan fingerprint density at radius 3 is 2.54 bits per heavy atom. The molecule has 1 N–H and O–H groups in total. The Hall–Kier alpha value is -2.78. The molecule has 4 atom stereocenters. The molecule has 0 aromatic heterocycles. The van der Waals surface area contributed by atoms with Gasteiger partial charge in [0.1, 0.15) is 5.60 Å². The van der Waals surface area contributed by atoms with Gasteiger partial charge in [0.05, 0.1) is 29.5 Å². The lowest BCUT2D eigenvalue weighted by Gasteiger charge is -2.34. The summed E-state index contributed by atoms with van der Waals surface area (Å²) in [5.74, 6) is -1.52. The summed E-state index contributed by atoms with van der Waals surface area (Å²) < 4.78 is 50.5. The number of benzene rings is 1. The molecule has 1 aromatic carbocycles. The Morgan fingerprint density at radius 2 is 1.91 bits per heavy atom. The quantitative estimate of drug-likeness (QED) is 0.634. The van der Waals surface area contributed by atoms with Crippen LogP contribution in [0.2, 0.25) is 0 Å². The molecular weight excluding hydrogens is 465 g/mol. The summed E-state index contributed by atoms with van der Waals surface area (Å²) in [5, 5.41) is 2.81. The zero-order chi connectivity index (χ0) is 25.8. The van der Waals surface area contributed by atoms with Crippen molar-refractivity contribution in [3.8, 4) is 0 Å². The zero-order valence-corrected chi connectivity index (χ0v) is 20.3. The van der Waals surface area contributed by atoms with Crippen LogP contribution in [-0.2, 0) is 38.2 Å². The van der Waals surface area contributed by atoms with Gasteiger partial charge >= 0.3 is 18.2 Å². The first-order valence-electron chi connectivity index (χ1n) is 11.9. The van der Waals surface area contributed by atoms with Crippen molar-refractivity contribution < 1.29 is 37.0 Å². The summed E-state index contributed by atoms with van der Waals surface area (Å²) in [4.78, 5) is 40.8. The van der Waals surface area contributed by atoms with Gasteiger partial charge in [0, 0.05) is 12.6 Å². The number of alkyl carbamates (subject to hydrolysis) is 1. The van der Waals surface area contributed by atoms with Gasteiger partial charge in [-0.1, -0.05) is 6.07 Å². The molecule has 0 bridgehead atoms. The van der Waals surface area contributed by atoms with Crippen LogP contribution < -0.4 is 5.32 Å². The minimum atomic E-state index is -4.48. The summed E-state index contributed by atoms with van der Waals surface area (Å²) in [7, 11) is 0. The van der Waals surface area contributed by atoms with Crippen LogP contribution in [0.5, 0.6) is 0 Å². The van der Waals surface area contributed by atoms with Gasteiger partial charge in [-0.25, -0.2) is 4.79 Å². The van der Waals surface area contributed by atoms with Gasteiger partial charge in [0.25, 0.3) is 0 Å². The van der Waals surface area contributed by atoms with Crippen molar-refractivity contribution in [1.82, 2.24) is 10.2 Å². The van der Waals surface area contributed by atoms with Crippen LogP contribution >= 0.6 is 0 Å². The largest absolute Gasteiger partial charge is 0.466 e. The Kier molecular flexibility index (Phi) is 6.30. The minimum Gasteiger partial charge on any atom is -0.466 e. The molecule has 2 aliphatic heterocycles. The number of carbonyl (C=O) groups excluding carboxylic acids is 3. The number of hydrogen-bond donors (Lipinski definition) is 1. The predicted octanol–water partition coefficient (Wildman–Crippen LogP) is 4.22. The second kappa shape index (κ2) is 8.71. The van der Waals surface area contributed by atoms with Crippen molar-refractivity contribution in [3.05, 3.63) is 34.9 Å². The molecule has 2 heterocycles. The molecule has 192 valence electrons. The van der Waals surface area contributed by atoms with Crippen LogP contribution in [0.4, 0.5) is 18.0 Å². The van der Waals surface area contributed by atoms with Gasteiger partial charge in [-0.15, -0.1) is 0 Å². The van der Waals surface area contributed by atoms with Crippen molar-refractivity contribution in [2.45, 2.75) is 83.8 Å². The third kappa shape index (κ3) is 4.71. The topological polar surface area (TPSA) is 84.9 Å². The zero-order valence-electron chi connectivity index (χ0n) is 20.3. The molecule has 1 saturated heterocycles. The van der Waals surface area contributed by atoms with Crippen molar-refractivity contribution in [3.63, 3.8) is 0 Å². The summed E-state index contributed by atoms with van der Waals surface area (Å²) in [6, 6.07) is 2.69. The SMILES string of the molecule is CCOC(=O)C1C2Cc3ccc(C(F)(F)F)cc3CN2C(=O)[C@]12CC[C@@H](NC(=O)OC(C)(C)C)C2. The van der Waals surface area contributed by atoms with Crippen molar-refractivity contribution in [1.29, 1.82) is 0 Å². The molecule has 2 fully saturated rings. The third-order valence-electron chi connectivity index (χ3n) is 7.18. The molecule has 10 heteroatoms. The summed E-state index contributed by atoms with van der Waals surface area (Å²) in [6.07, 6.45) is -3.72. The Morgan fingerprint density at radius 1 is 1.20 bits per heavy atom. The first-order chi connectivity index (χ1) is 16.2. The standard InChI is InChI=1S/C25H31F3N2O5/c1-5-34-20(31)19-18-11-14-6-7-16(25(26,27)28)10-15(14)13-30(18)21(32)24(19)9-8-17(12-24)29-22(33)35-23(2,3)4/h6-7,10,17-19H,5,8-9,11-13H2,1-4H3,(H,29,33)/t17-,18?,19?,24+/m1/s1. The molecule has 35 heavy (non-hydrogen) atoms. The summed E-state index contributed by atoms with van der Waals surface area (Å²) >= 11 is 0. The maximum atomic E-state index is 13.8. The smallest absolute Gasteiger partial charge is 0.416 e. The van der Waals surface area contributed by atoms with Crippen molar-refractivity contribution in [2.24, 2.45) is 11.3 Å². The molecule has 1 aliphatic carbocycles. The van der Waals surface area contributed by atoms with Crippen molar-refractivity contribution >= 4 is 18.0 Å². The molecule has 2 amide bonds. The fourth-order valence-corrected chi connectivity index (χ4v) is 5.86. The number of hydrogen-bond acceptors (Lipinski definition) is 5. The van der Waals surface area contributed by atoms with E-state index < -0.39 is 46.8 Å². The highest BCUT2D eigenvalue weighted by Gasteiger charge is 2.65. The first kappa shape index (κ1) is 25.3. The first-order valence-corrected chi connectivity index (χ1v) is 11.9. The number of halogens is 3. The predicted molar refractivity (Wildman–Crippen MR) is 119 cm³/mol. The van der Waals surface area contributed by atoms with Gasteiger partial charge in [-0.3, -0.25) is 9.59 Å². The van der Waals surface area contributed by atoms with E-state index in [-0.39, 0.29) is 37.9 Å². The monoisotopic (exact) mass is 496 g/mol. The highest BCUT2D eigenvalue weighted by molar-refractivity contribution is 5.94. The van der Waals surface area contributed by atoms with E-state index in [0.29, 0.717) is 24.0 Å². The van der Waals surface area contributed by atoms with E-state index in [2.05, 4.69) is 5.32 Å². The Balaban J connectivity index is 1.62. The van der Waals surface area contributed by atoms with E-state index in [1.807, 2.05) is 0 Å². The molecule has 2 unspecified atom stereocenters. The van der Waals surface area contributed by atoms with E-state index in [0.717, 1.165) is 12.1 Å². The fourth-order valence-electron chi connectivity index (χ4n) is 5.86. The van der Waals surface area contributed by atoms with Gasteiger partial charge < -0.3 is 19.7 Å². The summed E-state index contributed by atoms with van der Waals surface area (Å²) in [5.41, 5.74) is -1.39. The second-order valence-electron chi connectivity index (χ2n) is 10.7. The summed E-state index contributed by atoms with van der Waals surface area (Å²) in [6.45, 7) is 7.09. The number of fused-ring (bicyclic) bond motifs is 2. The average Bonchev–Trinajstić information content (AvgIpc) is 3.23. The number of alkyl halides is 3. The van der Waals surface area contributed by atoms with E-state index in [4.69, 9.17) is 9.47 Å². The van der Waals surface area contributed by atoms with Crippen molar-refractivity contribution in [2.75, 3.05) is 6.61 Å². The van der Waals surface area contributed by atoms with E-state index in [1.54, 1.807) is 32.6 Å². The Labute approximate surface area is 202 Å². The number of rotatable bonds is 3. The van der Waals surface area contributed by atoms with Gasteiger partial charge in [0.2, 0.25) is 5.91 Å². The number of ether oxygens (including phenoxy) is 2. The molecule has 1 spiro atoms. The number of nitrogens with zero attached hydrogens (tertiary/aromatic N) is 1. The maximum Gasteiger partial charge on any atom is 0.416 e. The average molecular weight is 497 g/mol. The third-order valence-corrected chi connectivity index (χ3v) is 7.18. The molecular formula is C25H31F3N2O5. The van der Waals surface area contributed by atoms with Gasteiger partial charge in [-0.2, -0.15) is 13.2 Å². The van der Waals surface area contributed by atoms with Crippen LogP contribution in [0.3, 0.4) is 0 Å². The number of carbonyl (C=O) groups is 3. The van der Waals surface area contributed by atoms with Crippen LogP contribution in [0, 0.1) is 11.3 Å². The normalized spacial score (nSPS) is 28.0. The lowest BCUT2D eigenvalue weighted by Crippen LogP contribution is -2.43. The minimum absolute atomic E-state index is 0.00453. The number of amides is 2. The number of esters is 1. The van der Waals surface area contributed by atoms with Crippen LogP contribution in [0.1, 0.15) is 63.6 Å². The van der Waals surface area contributed by atoms with E-state index >= 15 is 0 Å². The number of nitrogens with one attached hydrogen (secondary N) is 1. The maximum absolute atomic E-state index is 13.8. The molecule has 1 aromatic rings. The molecule has 0 radical (unpaired) electrons. The highest BCUT2D eigenvalue weighted by Crippen LogP contribution is 2.55. The molecule has 4 rings (SSSR count). The Bertz CT molecular complexity index is 1030. The lowest BCUT2D eigenvalue weighted by atomic mass is 9.72. The van der Waals surface area contributed by atoms with Crippen LogP contribution in [-0.4, -0.2) is 47.2 Å². The van der Waals surface area contributed by atoms with Gasteiger partial charge in [-0.05, 0) is 76.6 Å². The molecule has 1 saturated carbocycles. The second-order valence-corrected chi connectivity index (χ2v) is 10.7. The van der Waals surface area contributed by atoms with Crippen LogP contribution in [0.25, 0.3) is 0 Å². The van der Waals surface area contributed by atoms with Gasteiger partial charge in [0.15, 0.2) is 0 Å². The fraction of sp³-hybridized carbons (Fsp3) is 0.640. The van der Waals surface area contributed by atoms with Crippen LogP contribution in [0.15, 0.2) is 18.2 Å². The lowest BCUT2D eigenvalue weighted by molar-refractivity contribution is -0.154. The molecule has 3 aliphatic rings. The highest BCUT2D eigenvalue weighted by atomic mass is 19.4. The van der Waals surface area contributed by atoms with E-state index in [1.165, 1.54) is 6.07 Å². The van der Waals surface area contributed by atoms with E-state index in [9.17, 15) is 27.6 Å².